The van der Waals surface area contributed by atoms with Gasteiger partial charge in [0.2, 0.25) is 0 Å². The van der Waals surface area contributed by atoms with Gasteiger partial charge in [0.25, 0.3) is 0 Å². The Labute approximate surface area is 164 Å². The molecule has 0 aromatic rings. The van der Waals surface area contributed by atoms with Crippen LogP contribution in [0, 0.1) is 0 Å². The zero-order valence-corrected chi connectivity index (χ0v) is 18.0. The lowest BCUT2D eigenvalue weighted by molar-refractivity contribution is -0.147. The lowest BCUT2D eigenvalue weighted by atomic mass is 10.1. The Balaban J connectivity index is 3.52. The molecule has 0 atom stereocenters. The SMILES string of the molecule is CCC=CC=CCCCCCCCCCC(OCCCC)OCCCC. The minimum atomic E-state index is 0.0293. The molecule has 0 heterocycles. The molecule has 0 bridgehead atoms. The summed E-state index contributed by atoms with van der Waals surface area (Å²) in [6.07, 6.45) is 26.3. The van der Waals surface area contributed by atoms with E-state index in [1.807, 2.05) is 0 Å². The molecule has 2 heteroatoms. The summed E-state index contributed by atoms with van der Waals surface area (Å²) in [4.78, 5) is 0. The van der Waals surface area contributed by atoms with E-state index in [4.69, 9.17) is 9.47 Å². The molecule has 0 saturated heterocycles. The van der Waals surface area contributed by atoms with E-state index >= 15 is 0 Å². The Kier molecular flexibility index (Phi) is 21.9. The predicted octanol–water partition coefficient (Wildman–Crippen LogP) is 7.98. The van der Waals surface area contributed by atoms with Crippen molar-refractivity contribution in [1.82, 2.24) is 0 Å². The summed E-state index contributed by atoms with van der Waals surface area (Å²) in [6.45, 7) is 8.27. The lowest BCUT2D eigenvalue weighted by Crippen LogP contribution is -2.18. The maximum Gasteiger partial charge on any atom is 0.157 e. The molecule has 0 radical (unpaired) electrons. The van der Waals surface area contributed by atoms with Crippen LogP contribution < -0.4 is 0 Å². The molecule has 0 aromatic carbocycles. The van der Waals surface area contributed by atoms with E-state index in [9.17, 15) is 0 Å². The van der Waals surface area contributed by atoms with E-state index < -0.39 is 0 Å². The van der Waals surface area contributed by atoms with Gasteiger partial charge in [-0.3, -0.25) is 0 Å². The molecule has 0 amide bonds. The van der Waals surface area contributed by atoms with E-state index in [1.54, 1.807) is 0 Å². The normalized spacial score (nSPS) is 12.2. The van der Waals surface area contributed by atoms with Gasteiger partial charge in [0.1, 0.15) is 0 Å². The average molecular weight is 367 g/mol. The monoisotopic (exact) mass is 366 g/mol. The summed E-state index contributed by atoms with van der Waals surface area (Å²) in [5.74, 6) is 0. The summed E-state index contributed by atoms with van der Waals surface area (Å²) in [6, 6.07) is 0. The predicted molar refractivity (Wildman–Crippen MR) is 116 cm³/mol. The third-order valence-electron chi connectivity index (χ3n) is 4.53. The molecule has 0 saturated carbocycles. The zero-order chi connectivity index (χ0) is 19.1. The minimum absolute atomic E-state index is 0.0293. The first-order chi connectivity index (χ1) is 12.8. The van der Waals surface area contributed by atoms with Crippen LogP contribution in [0.4, 0.5) is 0 Å². The first-order valence-corrected chi connectivity index (χ1v) is 11.4. The second-order valence-electron chi connectivity index (χ2n) is 7.20. The van der Waals surface area contributed by atoms with E-state index in [0.717, 1.165) is 38.9 Å². The largest absolute Gasteiger partial charge is 0.353 e. The van der Waals surface area contributed by atoms with Gasteiger partial charge in [-0.25, -0.2) is 0 Å². The third-order valence-corrected chi connectivity index (χ3v) is 4.53. The van der Waals surface area contributed by atoms with Crippen molar-refractivity contribution in [3.05, 3.63) is 24.3 Å². The summed E-state index contributed by atoms with van der Waals surface area (Å²) in [5.41, 5.74) is 0. The van der Waals surface area contributed by atoms with Crippen LogP contribution in [0.15, 0.2) is 24.3 Å². The highest BCUT2D eigenvalue weighted by Gasteiger charge is 2.08. The number of hydrogen-bond acceptors (Lipinski definition) is 2. The fraction of sp³-hybridized carbons (Fsp3) is 0.833. The van der Waals surface area contributed by atoms with Crippen molar-refractivity contribution in [1.29, 1.82) is 0 Å². The van der Waals surface area contributed by atoms with Crippen molar-refractivity contribution in [3.63, 3.8) is 0 Å². The van der Waals surface area contributed by atoms with Crippen LogP contribution in [0.2, 0.25) is 0 Å². The summed E-state index contributed by atoms with van der Waals surface area (Å²) in [5, 5.41) is 0. The molecule has 26 heavy (non-hydrogen) atoms. The second-order valence-corrected chi connectivity index (χ2v) is 7.20. The first kappa shape index (κ1) is 25.4. The standard InChI is InChI=1S/C24H46O2/c1-4-7-10-11-12-13-14-15-16-17-18-19-20-21-24(25-22-8-5-2)26-23-9-6-3/h7,10-12,24H,4-6,8-9,13-23H2,1-3H3. The Morgan fingerprint density at radius 1 is 0.615 bits per heavy atom. The van der Waals surface area contributed by atoms with E-state index in [1.165, 1.54) is 64.2 Å². The maximum absolute atomic E-state index is 5.90. The zero-order valence-electron chi connectivity index (χ0n) is 18.0. The highest BCUT2D eigenvalue weighted by atomic mass is 16.7. The summed E-state index contributed by atoms with van der Waals surface area (Å²) in [7, 11) is 0. The minimum Gasteiger partial charge on any atom is -0.353 e. The number of ether oxygens (including phenoxy) is 2. The molecule has 0 unspecified atom stereocenters. The fourth-order valence-corrected chi connectivity index (χ4v) is 2.78. The summed E-state index contributed by atoms with van der Waals surface area (Å²) >= 11 is 0. The molecule has 0 fully saturated rings. The quantitative estimate of drug-likeness (QED) is 0.123. The van der Waals surface area contributed by atoms with E-state index in [0.29, 0.717) is 0 Å². The summed E-state index contributed by atoms with van der Waals surface area (Å²) < 4.78 is 11.8. The Morgan fingerprint density at radius 3 is 1.73 bits per heavy atom. The van der Waals surface area contributed by atoms with Gasteiger partial charge in [-0.15, -0.1) is 0 Å². The van der Waals surface area contributed by atoms with Crippen LogP contribution in [0.1, 0.15) is 111 Å². The third kappa shape index (κ3) is 19.7. The van der Waals surface area contributed by atoms with Crippen LogP contribution in [-0.2, 0) is 9.47 Å². The molecule has 0 N–H and O–H groups in total. The highest BCUT2D eigenvalue weighted by Crippen LogP contribution is 2.13. The lowest BCUT2D eigenvalue weighted by Gasteiger charge is -2.18. The molecule has 0 aliphatic heterocycles. The van der Waals surface area contributed by atoms with Gasteiger partial charge in [0, 0.05) is 13.2 Å². The Morgan fingerprint density at radius 2 is 1.15 bits per heavy atom. The van der Waals surface area contributed by atoms with Crippen LogP contribution in [0.25, 0.3) is 0 Å². The molecular formula is C24H46O2. The molecule has 154 valence electrons. The molecule has 0 aliphatic rings. The van der Waals surface area contributed by atoms with E-state index in [2.05, 4.69) is 45.1 Å². The van der Waals surface area contributed by atoms with Crippen LogP contribution in [-0.4, -0.2) is 19.5 Å². The topological polar surface area (TPSA) is 18.5 Å². The van der Waals surface area contributed by atoms with Crippen LogP contribution in [0.5, 0.6) is 0 Å². The van der Waals surface area contributed by atoms with Crippen molar-refractivity contribution in [2.24, 2.45) is 0 Å². The van der Waals surface area contributed by atoms with Gasteiger partial charge < -0.3 is 9.47 Å². The maximum atomic E-state index is 5.90. The Bertz CT molecular complexity index is 299. The number of allylic oxidation sites excluding steroid dienone is 4. The van der Waals surface area contributed by atoms with Crippen molar-refractivity contribution >= 4 is 0 Å². The molecule has 0 rings (SSSR count). The number of unbranched alkanes of at least 4 members (excludes halogenated alkanes) is 9. The van der Waals surface area contributed by atoms with Gasteiger partial charge in [0.15, 0.2) is 6.29 Å². The molecule has 0 spiro atoms. The average Bonchev–Trinajstić information content (AvgIpc) is 2.65. The van der Waals surface area contributed by atoms with Crippen LogP contribution in [0.3, 0.4) is 0 Å². The molecule has 2 nitrogen and oxygen atoms in total. The number of rotatable bonds is 20. The van der Waals surface area contributed by atoms with E-state index in [-0.39, 0.29) is 6.29 Å². The van der Waals surface area contributed by atoms with Crippen LogP contribution >= 0.6 is 0 Å². The highest BCUT2D eigenvalue weighted by molar-refractivity contribution is 5.01. The van der Waals surface area contributed by atoms with Gasteiger partial charge in [-0.1, -0.05) is 90.0 Å². The fourth-order valence-electron chi connectivity index (χ4n) is 2.78. The van der Waals surface area contributed by atoms with Gasteiger partial charge >= 0.3 is 0 Å². The second kappa shape index (κ2) is 22.4. The molecule has 0 aromatic heterocycles. The smallest absolute Gasteiger partial charge is 0.157 e. The molecular weight excluding hydrogens is 320 g/mol. The van der Waals surface area contributed by atoms with Gasteiger partial charge in [0.05, 0.1) is 0 Å². The van der Waals surface area contributed by atoms with Gasteiger partial charge in [-0.05, 0) is 44.9 Å². The molecule has 0 aliphatic carbocycles. The van der Waals surface area contributed by atoms with Crippen molar-refractivity contribution in [2.75, 3.05) is 13.2 Å². The Hall–Kier alpha value is -0.600. The number of hydrogen-bond donors (Lipinski definition) is 0. The van der Waals surface area contributed by atoms with Crippen molar-refractivity contribution in [3.8, 4) is 0 Å². The van der Waals surface area contributed by atoms with Gasteiger partial charge in [-0.2, -0.15) is 0 Å². The first-order valence-electron chi connectivity index (χ1n) is 11.4. The van der Waals surface area contributed by atoms with Crippen molar-refractivity contribution < 1.29 is 9.47 Å². The van der Waals surface area contributed by atoms with Crippen molar-refractivity contribution in [2.45, 2.75) is 117 Å².